The van der Waals surface area contributed by atoms with Gasteiger partial charge in [-0.25, -0.2) is 0 Å². The molecular weight excluding hydrogens is 278 g/mol. The number of hydrogen-bond acceptors (Lipinski definition) is 3. The minimum absolute atomic E-state index is 0.0472. The smallest absolute Gasteiger partial charge is 0.395 e. The third-order valence-electron chi connectivity index (χ3n) is 3.76. The van der Waals surface area contributed by atoms with Crippen molar-refractivity contribution in [1.29, 1.82) is 0 Å². The second kappa shape index (κ2) is 4.65. The summed E-state index contributed by atoms with van der Waals surface area (Å²) >= 11 is 0. The zero-order valence-corrected chi connectivity index (χ0v) is 12.0. The van der Waals surface area contributed by atoms with Crippen molar-refractivity contribution in [3.05, 3.63) is 41.2 Å². The fourth-order valence-electron chi connectivity index (χ4n) is 2.37. The Kier molecular flexibility index (Phi) is 3.04. The maximum absolute atomic E-state index is 13.0. The van der Waals surface area contributed by atoms with Crippen LogP contribution in [0.4, 0.5) is 14.5 Å². The zero-order valence-electron chi connectivity index (χ0n) is 12.0. The number of hydrogen-bond donors (Lipinski definition) is 1. The first-order valence-electron chi connectivity index (χ1n) is 6.61. The van der Waals surface area contributed by atoms with Gasteiger partial charge in [0.1, 0.15) is 0 Å². The van der Waals surface area contributed by atoms with E-state index in [0.29, 0.717) is 12.2 Å². The number of rotatable bonds is 3. The summed E-state index contributed by atoms with van der Waals surface area (Å²) < 4.78 is 36.8. The van der Waals surface area contributed by atoms with E-state index in [4.69, 9.17) is 0 Å². The van der Waals surface area contributed by atoms with Gasteiger partial charge in [-0.05, 0) is 37.6 Å². The van der Waals surface area contributed by atoms with E-state index in [1.54, 1.807) is 6.07 Å². The minimum atomic E-state index is -3.58. The fourth-order valence-corrected chi connectivity index (χ4v) is 2.37. The molecule has 1 aliphatic rings. The van der Waals surface area contributed by atoms with E-state index in [-0.39, 0.29) is 11.5 Å². The van der Waals surface area contributed by atoms with Crippen molar-refractivity contribution in [2.24, 2.45) is 7.05 Å². The van der Waals surface area contributed by atoms with Gasteiger partial charge in [-0.1, -0.05) is 0 Å². The molecule has 0 amide bonds. The van der Waals surface area contributed by atoms with Gasteiger partial charge in [0.2, 0.25) is 0 Å². The molecule has 4 nitrogen and oxygen atoms in total. The van der Waals surface area contributed by atoms with E-state index < -0.39 is 6.29 Å². The van der Waals surface area contributed by atoms with Gasteiger partial charge in [0.05, 0.1) is 0 Å². The third-order valence-corrected chi connectivity index (χ3v) is 3.76. The summed E-state index contributed by atoms with van der Waals surface area (Å²) in [5.41, 5.74) is 4.22. The molecule has 1 aromatic carbocycles. The largest absolute Gasteiger partial charge is 0.586 e. The van der Waals surface area contributed by atoms with Crippen LogP contribution in [-0.4, -0.2) is 10.9 Å². The van der Waals surface area contributed by atoms with Crippen molar-refractivity contribution in [3.63, 3.8) is 0 Å². The Labute approximate surface area is 121 Å². The number of aromatic nitrogens is 1. The number of fused-ring (bicyclic) bond motifs is 1. The molecule has 0 aliphatic carbocycles. The van der Waals surface area contributed by atoms with E-state index in [2.05, 4.69) is 25.4 Å². The van der Waals surface area contributed by atoms with Crippen molar-refractivity contribution < 1.29 is 18.3 Å². The highest BCUT2D eigenvalue weighted by Crippen LogP contribution is 2.42. The highest BCUT2D eigenvalue weighted by atomic mass is 19.3. The van der Waals surface area contributed by atoms with Crippen LogP contribution in [0, 0.1) is 13.8 Å². The number of aryl methyl sites for hydroxylation is 1. The Hall–Kier alpha value is -2.24. The van der Waals surface area contributed by atoms with E-state index in [1.165, 1.54) is 23.5 Å². The van der Waals surface area contributed by atoms with Gasteiger partial charge in [-0.2, -0.15) is 0 Å². The van der Waals surface area contributed by atoms with Crippen molar-refractivity contribution in [3.8, 4) is 11.5 Å². The van der Waals surface area contributed by atoms with E-state index in [9.17, 15) is 8.78 Å². The predicted molar refractivity (Wildman–Crippen MR) is 74.9 cm³/mol. The first-order valence-corrected chi connectivity index (χ1v) is 6.61. The minimum Gasteiger partial charge on any atom is -0.395 e. The van der Waals surface area contributed by atoms with Crippen molar-refractivity contribution in [2.45, 2.75) is 26.7 Å². The molecule has 0 unspecified atom stereocenters. The van der Waals surface area contributed by atoms with Crippen molar-refractivity contribution >= 4 is 5.69 Å². The molecule has 0 bridgehead atoms. The summed E-state index contributed by atoms with van der Waals surface area (Å²) in [7, 11) is 2.01. The van der Waals surface area contributed by atoms with Crippen molar-refractivity contribution in [1.82, 2.24) is 4.57 Å². The van der Waals surface area contributed by atoms with Crippen LogP contribution in [0.25, 0.3) is 0 Å². The summed E-state index contributed by atoms with van der Waals surface area (Å²) in [6.07, 6.45) is -3.58. The Balaban J connectivity index is 1.74. The van der Waals surface area contributed by atoms with E-state index in [1.807, 2.05) is 20.9 Å². The van der Waals surface area contributed by atoms with Crippen LogP contribution in [0.3, 0.4) is 0 Å². The number of nitrogens with zero attached hydrogens (tertiary/aromatic N) is 1. The molecule has 2 heterocycles. The van der Waals surface area contributed by atoms with Crippen molar-refractivity contribution in [2.75, 3.05) is 5.32 Å². The van der Waals surface area contributed by atoms with Crippen LogP contribution in [0.1, 0.15) is 17.0 Å². The quantitative estimate of drug-likeness (QED) is 0.940. The lowest BCUT2D eigenvalue weighted by Gasteiger charge is -2.07. The monoisotopic (exact) mass is 294 g/mol. The summed E-state index contributed by atoms with van der Waals surface area (Å²) in [6.45, 7) is 4.70. The van der Waals surface area contributed by atoms with Gasteiger partial charge in [0.25, 0.3) is 0 Å². The lowest BCUT2D eigenvalue weighted by atomic mass is 10.2. The summed E-state index contributed by atoms with van der Waals surface area (Å²) in [4.78, 5) is 0. The Morgan fingerprint density at radius 2 is 1.86 bits per heavy atom. The molecule has 1 aliphatic heterocycles. The third kappa shape index (κ3) is 2.53. The second-order valence-electron chi connectivity index (χ2n) is 5.14. The maximum atomic E-state index is 13.0. The van der Waals surface area contributed by atoms with Gasteiger partial charge < -0.3 is 19.4 Å². The zero-order chi connectivity index (χ0) is 15.2. The highest BCUT2D eigenvalue weighted by molar-refractivity contribution is 5.56. The topological polar surface area (TPSA) is 35.4 Å². The molecule has 3 rings (SSSR count). The number of anilines is 1. The fraction of sp³-hybridized carbons (Fsp3) is 0.333. The standard InChI is InChI=1S/C15H16F2N2O2/c1-9-6-11(10(2)19(9)3)8-18-12-4-5-13-14(7-12)21-15(16,17)20-13/h4-7,18H,8H2,1-3H3. The molecule has 0 saturated carbocycles. The Morgan fingerprint density at radius 3 is 2.52 bits per heavy atom. The van der Waals surface area contributed by atoms with E-state index >= 15 is 0 Å². The average Bonchev–Trinajstić information content (AvgIpc) is 2.85. The number of nitrogens with one attached hydrogen (secondary N) is 1. The van der Waals surface area contributed by atoms with Crippen LogP contribution < -0.4 is 14.8 Å². The molecule has 0 atom stereocenters. The van der Waals surface area contributed by atoms with Crippen LogP contribution in [0.5, 0.6) is 11.5 Å². The maximum Gasteiger partial charge on any atom is 0.586 e. The lowest BCUT2D eigenvalue weighted by Crippen LogP contribution is -2.25. The molecule has 1 N–H and O–H groups in total. The van der Waals surface area contributed by atoms with Crippen LogP contribution in [0.15, 0.2) is 24.3 Å². The second-order valence-corrected chi connectivity index (χ2v) is 5.14. The lowest BCUT2D eigenvalue weighted by molar-refractivity contribution is -0.286. The molecule has 0 saturated heterocycles. The summed E-state index contributed by atoms with van der Waals surface area (Å²) in [6, 6.07) is 6.78. The normalized spacial score (nSPS) is 15.3. The first kappa shape index (κ1) is 13.7. The highest BCUT2D eigenvalue weighted by Gasteiger charge is 2.43. The molecule has 112 valence electrons. The van der Waals surface area contributed by atoms with Gasteiger partial charge in [-0.15, -0.1) is 8.78 Å². The van der Waals surface area contributed by atoms with Crippen LogP contribution in [-0.2, 0) is 13.6 Å². The summed E-state index contributed by atoms with van der Waals surface area (Å²) in [5, 5.41) is 3.21. The van der Waals surface area contributed by atoms with Crippen LogP contribution >= 0.6 is 0 Å². The van der Waals surface area contributed by atoms with Gasteiger partial charge in [0.15, 0.2) is 11.5 Å². The van der Waals surface area contributed by atoms with Gasteiger partial charge >= 0.3 is 6.29 Å². The molecule has 2 aromatic rings. The molecule has 0 radical (unpaired) electrons. The number of halogens is 2. The Morgan fingerprint density at radius 1 is 1.14 bits per heavy atom. The predicted octanol–water partition coefficient (Wildman–Crippen LogP) is 3.58. The number of alkyl halides is 2. The van der Waals surface area contributed by atoms with Gasteiger partial charge in [0, 0.05) is 36.7 Å². The summed E-state index contributed by atoms with van der Waals surface area (Å²) in [5.74, 6) is 0.100. The molecule has 0 spiro atoms. The SMILES string of the molecule is Cc1cc(CNc2ccc3c(c2)OC(F)(F)O3)c(C)n1C. The van der Waals surface area contributed by atoms with Gasteiger partial charge in [-0.3, -0.25) is 0 Å². The molecule has 21 heavy (non-hydrogen) atoms. The number of benzene rings is 1. The Bertz CT molecular complexity index is 695. The first-order chi connectivity index (χ1) is 9.85. The van der Waals surface area contributed by atoms with Crippen LogP contribution in [0.2, 0.25) is 0 Å². The number of ether oxygens (including phenoxy) is 2. The average molecular weight is 294 g/mol. The van der Waals surface area contributed by atoms with E-state index in [0.717, 1.165) is 5.56 Å². The molecule has 1 aromatic heterocycles. The molecular formula is C15H16F2N2O2. The molecule has 0 fully saturated rings. The molecule has 6 heteroatoms.